The molecule has 0 bridgehead atoms. The van der Waals surface area contributed by atoms with Crippen LogP contribution in [0.25, 0.3) is 0 Å². The Hall–Kier alpha value is -1.41. The second-order valence-electron chi connectivity index (χ2n) is 4.84. The molecule has 0 saturated carbocycles. The van der Waals surface area contributed by atoms with Gasteiger partial charge in [0, 0.05) is 18.6 Å². The fraction of sp³-hybridized carbons (Fsp3) is 0.667. The highest BCUT2D eigenvalue weighted by Gasteiger charge is 2.18. The third kappa shape index (κ3) is 3.57. The molecule has 1 N–H and O–H groups in total. The van der Waals surface area contributed by atoms with Crippen LogP contribution < -0.4 is 0 Å². The number of aryl methyl sites for hydroxylation is 1. The minimum Gasteiger partial charge on any atom is -0.376 e. The van der Waals surface area contributed by atoms with Gasteiger partial charge >= 0.3 is 0 Å². The number of thioether (sulfide) groups is 1. The largest absolute Gasteiger partial charge is 0.376 e. The van der Waals surface area contributed by atoms with Gasteiger partial charge in [-0.05, 0) is 41.7 Å². The monoisotopic (exact) mass is 294 g/mol. The van der Waals surface area contributed by atoms with E-state index in [4.69, 9.17) is 4.74 Å². The van der Waals surface area contributed by atoms with Gasteiger partial charge in [-0.25, -0.2) is 4.68 Å². The molecule has 1 aliphatic heterocycles. The van der Waals surface area contributed by atoms with Crippen molar-refractivity contribution in [1.29, 1.82) is 0 Å². The maximum absolute atomic E-state index is 5.62. The molecule has 0 amide bonds. The van der Waals surface area contributed by atoms with Crippen LogP contribution in [0.5, 0.6) is 0 Å². The first kappa shape index (κ1) is 13.6. The number of hydrogen-bond acceptors (Lipinski definition) is 6. The Balaban J connectivity index is 1.44. The Morgan fingerprint density at radius 1 is 1.50 bits per heavy atom. The van der Waals surface area contributed by atoms with Crippen molar-refractivity contribution in [1.82, 2.24) is 30.4 Å². The first-order valence-electron chi connectivity index (χ1n) is 6.90. The van der Waals surface area contributed by atoms with Crippen molar-refractivity contribution in [2.45, 2.75) is 43.5 Å². The number of aromatic amines is 1. The molecule has 20 heavy (non-hydrogen) atoms. The van der Waals surface area contributed by atoms with Gasteiger partial charge in [0.15, 0.2) is 0 Å². The quantitative estimate of drug-likeness (QED) is 0.612. The topological polar surface area (TPSA) is 81.5 Å². The van der Waals surface area contributed by atoms with Crippen LogP contribution in [0.15, 0.2) is 17.6 Å². The normalized spacial score (nSPS) is 18.7. The van der Waals surface area contributed by atoms with Crippen LogP contribution in [-0.2, 0) is 17.7 Å². The molecule has 0 unspecified atom stereocenters. The summed E-state index contributed by atoms with van der Waals surface area (Å²) < 4.78 is 7.48. The summed E-state index contributed by atoms with van der Waals surface area (Å²) in [4.78, 5) is 0. The fourth-order valence-corrected chi connectivity index (χ4v) is 3.08. The Bertz CT molecular complexity index is 508. The van der Waals surface area contributed by atoms with Crippen molar-refractivity contribution in [2.75, 3.05) is 12.4 Å². The van der Waals surface area contributed by atoms with Gasteiger partial charge in [-0.3, -0.25) is 5.10 Å². The third-order valence-corrected chi connectivity index (χ3v) is 4.34. The number of H-pyrrole nitrogens is 1. The van der Waals surface area contributed by atoms with Crippen molar-refractivity contribution in [3.05, 3.63) is 18.0 Å². The van der Waals surface area contributed by atoms with Gasteiger partial charge in [0.25, 0.3) is 0 Å². The van der Waals surface area contributed by atoms with Crippen LogP contribution in [-0.4, -0.2) is 48.9 Å². The van der Waals surface area contributed by atoms with E-state index < -0.39 is 0 Å². The molecule has 2 aromatic rings. The summed E-state index contributed by atoms with van der Waals surface area (Å²) in [6.45, 7) is 1.62. The number of aromatic nitrogens is 6. The molecule has 3 rings (SSSR count). The molecule has 0 spiro atoms. The maximum atomic E-state index is 5.62. The predicted octanol–water partition coefficient (Wildman–Crippen LogP) is 1.30. The van der Waals surface area contributed by atoms with Gasteiger partial charge in [0.1, 0.15) is 0 Å². The van der Waals surface area contributed by atoms with Crippen LogP contribution >= 0.6 is 11.8 Å². The van der Waals surface area contributed by atoms with Gasteiger partial charge in [-0.2, -0.15) is 5.10 Å². The second kappa shape index (κ2) is 6.85. The molecular weight excluding hydrogens is 276 g/mol. The molecule has 108 valence electrons. The lowest BCUT2D eigenvalue weighted by molar-refractivity contribution is 0.0912. The summed E-state index contributed by atoms with van der Waals surface area (Å²) in [5.41, 5.74) is 1.24. The summed E-state index contributed by atoms with van der Waals surface area (Å²) in [6.07, 6.45) is 8.42. The first-order valence-corrected chi connectivity index (χ1v) is 7.88. The van der Waals surface area contributed by atoms with Crippen LogP contribution in [0.4, 0.5) is 0 Å². The zero-order valence-corrected chi connectivity index (χ0v) is 12.1. The average molecular weight is 294 g/mol. The Morgan fingerprint density at radius 3 is 3.30 bits per heavy atom. The minimum atomic E-state index is 0.267. The SMILES string of the molecule is c1n[nH]cc1CCCSc1nnnn1C[C@@H]1CCCO1. The molecule has 0 aliphatic carbocycles. The Labute approximate surface area is 121 Å². The van der Waals surface area contributed by atoms with Gasteiger partial charge in [0.2, 0.25) is 5.16 Å². The van der Waals surface area contributed by atoms with Crippen LogP contribution in [0.2, 0.25) is 0 Å². The molecule has 3 heterocycles. The van der Waals surface area contributed by atoms with Crippen molar-refractivity contribution in [2.24, 2.45) is 0 Å². The van der Waals surface area contributed by atoms with Gasteiger partial charge < -0.3 is 4.74 Å². The molecule has 1 aliphatic rings. The molecule has 1 saturated heterocycles. The molecule has 0 aromatic carbocycles. The molecule has 1 fully saturated rings. The zero-order chi connectivity index (χ0) is 13.6. The molecule has 1 atom stereocenters. The maximum Gasteiger partial charge on any atom is 0.209 e. The highest BCUT2D eigenvalue weighted by molar-refractivity contribution is 7.99. The number of nitrogens with zero attached hydrogens (tertiary/aromatic N) is 5. The molecule has 7 nitrogen and oxygen atoms in total. The minimum absolute atomic E-state index is 0.267. The number of nitrogens with one attached hydrogen (secondary N) is 1. The van der Waals surface area contributed by atoms with Crippen LogP contribution in [0.1, 0.15) is 24.8 Å². The second-order valence-corrected chi connectivity index (χ2v) is 5.90. The van der Waals surface area contributed by atoms with Crippen molar-refractivity contribution >= 4 is 11.8 Å². The average Bonchev–Trinajstić information content (AvgIpc) is 3.19. The Morgan fingerprint density at radius 2 is 2.50 bits per heavy atom. The number of rotatable bonds is 7. The summed E-state index contributed by atoms with van der Waals surface area (Å²) in [7, 11) is 0. The first-order chi connectivity index (χ1) is 9.92. The fourth-order valence-electron chi connectivity index (χ4n) is 2.25. The van der Waals surface area contributed by atoms with E-state index in [1.807, 2.05) is 17.1 Å². The number of ether oxygens (including phenoxy) is 1. The number of tetrazole rings is 1. The molecular formula is C12H18N6OS. The van der Waals surface area contributed by atoms with E-state index in [2.05, 4.69) is 25.7 Å². The van der Waals surface area contributed by atoms with Crippen molar-refractivity contribution in [3.8, 4) is 0 Å². The standard InChI is InChI=1S/C12H18N6OS/c1-4-11(19-5-1)9-18-12(15-16-17-18)20-6-2-3-10-7-13-14-8-10/h7-8,11H,1-6,9H2,(H,13,14)/t11-/m0/s1. The Kier molecular flexibility index (Phi) is 4.65. The van der Waals surface area contributed by atoms with E-state index in [1.54, 1.807) is 11.8 Å². The highest BCUT2D eigenvalue weighted by atomic mass is 32.2. The van der Waals surface area contributed by atoms with E-state index in [1.165, 1.54) is 5.56 Å². The summed E-state index contributed by atoms with van der Waals surface area (Å²) >= 11 is 1.70. The van der Waals surface area contributed by atoms with Gasteiger partial charge in [-0.15, -0.1) is 5.10 Å². The van der Waals surface area contributed by atoms with E-state index in [0.29, 0.717) is 0 Å². The third-order valence-electron chi connectivity index (χ3n) is 3.30. The van der Waals surface area contributed by atoms with Gasteiger partial charge in [0.05, 0.1) is 18.8 Å². The van der Waals surface area contributed by atoms with E-state index in [0.717, 1.165) is 49.7 Å². The van der Waals surface area contributed by atoms with Crippen molar-refractivity contribution in [3.63, 3.8) is 0 Å². The van der Waals surface area contributed by atoms with Crippen LogP contribution in [0.3, 0.4) is 0 Å². The zero-order valence-electron chi connectivity index (χ0n) is 11.2. The lowest BCUT2D eigenvalue weighted by Crippen LogP contribution is -2.16. The smallest absolute Gasteiger partial charge is 0.209 e. The molecule has 8 heteroatoms. The molecule has 0 radical (unpaired) electrons. The predicted molar refractivity (Wildman–Crippen MR) is 74.4 cm³/mol. The summed E-state index contributed by atoms with van der Waals surface area (Å²) in [5, 5.41) is 19.5. The van der Waals surface area contributed by atoms with Crippen LogP contribution in [0, 0.1) is 0 Å². The van der Waals surface area contributed by atoms with E-state index >= 15 is 0 Å². The number of hydrogen-bond donors (Lipinski definition) is 1. The van der Waals surface area contributed by atoms with Gasteiger partial charge in [-0.1, -0.05) is 11.8 Å². The lowest BCUT2D eigenvalue weighted by atomic mass is 10.2. The molecule has 2 aromatic heterocycles. The highest BCUT2D eigenvalue weighted by Crippen LogP contribution is 2.19. The lowest BCUT2D eigenvalue weighted by Gasteiger charge is -2.09. The summed E-state index contributed by atoms with van der Waals surface area (Å²) in [5.74, 6) is 0.997. The summed E-state index contributed by atoms with van der Waals surface area (Å²) in [6, 6.07) is 0. The van der Waals surface area contributed by atoms with E-state index in [-0.39, 0.29) is 6.10 Å². The van der Waals surface area contributed by atoms with E-state index in [9.17, 15) is 0 Å². The van der Waals surface area contributed by atoms with Crippen molar-refractivity contribution < 1.29 is 4.74 Å².